The molecule has 1 aromatic heterocycles. The molecule has 0 aliphatic heterocycles. The number of hydrogen-bond acceptors (Lipinski definition) is 1. The maximum Gasteiger partial charge on any atom is 0.0437 e. The Morgan fingerprint density at radius 1 is 0.938 bits per heavy atom. The van der Waals surface area contributed by atoms with E-state index in [4.69, 9.17) is 0 Å². The van der Waals surface area contributed by atoms with E-state index < -0.39 is 0 Å². The number of rotatable bonds is 1. The van der Waals surface area contributed by atoms with Gasteiger partial charge in [-0.1, -0.05) is 47.6 Å². The van der Waals surface area contributed by atoms with Crippen molar-refractivity contribution in [2.24, 2.45) is 0 Å². The third kappa shape index (κ3) is 7.44. The molecule has 0 spiro atoms. The summed E-state index contributed by atoms with van der Waals surface area (Å²) in [4.78, 5) is 4.44. The van der Waals surface area contributed by atoms with E-state index in [9.17, 15) is 0 Å². The third-order valence-corrected chi connectivity index (χ3v) is 1.91. The molecule has 1 fully saturated rings. The molecule has 0 aromatic carbocycles. The van der Waals surface area contributed by atoms with Crippen molar-refractivity contribution in [2.45, 2.75) is 67.2 Å². The Labute approximate surface area is 102 Å². The predicted octanol–water partition coefficient (Wildman–Crippen LogP) is 5.35. The lowest BCUT2D eigenvalue weighted by Gasteiger charge is -1.96. The van der Waals surface area contributed by atoms with Crippen molar-refractivity contribution in [3.8, 4) is 0 Å². The van der Waals surface area contributed by atoms with E-state index in [1.807, 2.05) is 54.5 Å². The number of aromatic nitrogens is 1. The molecule has 0 unspecified atom stereocenters. The smallest absolute Gasteiger partial charge is 0.0437 e. The minimum absolute atomic E-state index is 0.792. The molecule has 0 bridgehead atoms. The van der Waals surface area contributed by atoms with Crippen molar-refractivity contribution in [1.29, 1.82) is 0 Å². The van der Waals surface area contributed by atoms with Crippen molar-refractivity contribution in [3.63, 3.8) is 0 Å². The fraction of sp³-hybridized carbons (Fsp3) is 0.667. The second kappa shape index (κ2) is 12.2. The average Bonchev–Trinajstić information content (AvgIpc) is 3.21. The fourth-order valence-corrected chi connectivity index (χ4v) is 1.17. The average molecular weight is 223 g/mol. The van der Waals surface area contributed by atoms with Crippen molar-refractivity contribution in [1.82, 2.24) is 4.98 Å². The van der Waals surface area contributed by atoms with E-state index in [0.29, 0.717) is 0 Å². The number of pyridine rings is 1. The zero-order chi connectivity index (χ0) is 13.0. The first kappa shape index (κ1) is 17.5. The van der Waals surface area contributed by atoms with E-state index >= 15 is 0 Å². The zero-order valence-electron chi connectivity index (χ0n) is 12.2. The Morgan fingerprint density at radius 3 is 1.81 bits per heavy atom. The van der Waals surface area contributed by atoms with Crippen LogP contribution in [0.25, 0.3) is 0 Å². The van der Waals surface area contributed by atoms with Gasteiger partial charge in [0.25, 0.3) is 0 Å². The van der Waals surface area contributed by atoms with Crippen LogP contribution < -0.4 is 0 Å². The highest BCUT2D eigenvalue weighted by Gasteiger charge is 2.24. The van der Waals surface area contributed by atoms with Crippen molar-refractivity contribution in [3.05, 3.63) is 29.6 Å². The van der Waals surface area contributed by atoms with E-state index in [0.717, 1.165) is 11.6 Å². The molecule has 1 nitrogen and oxygen atoms in total. The Kier molecular flexibility index (Phi) is 13.4. The lowest BCUT2D eigenvalue weighted by molar-refractivity contribution is 0.995. The lowest BCUT2D eigenvalue weighted by atomic mass is 10.2. The minimum Gasteiger partial charge on any atom is -0.258 e. The first-order valence-corrected chi connectivity index (χ1v) is 6.80. The molecule has 1 saturated carbocycles. The van der Waals surface area contributed by atoms with E-state index in [1.54, 1.807) is 0 Å². The summed E-state index contributed by atoms with van der Waals surface area (Å²) in [5.74, 6) is 0.792. The standard InChI is InChI=1S/C9H11N.3C2H6/c1-7-3-2-4-9(10-7)8-5-6-8;3*1-2/h2-4,8H,5-6H2,1H3;3*1-2H3. The second-order valence-electron chi connectivity index (χ2n) is 2.98. The molecule has 0 atom stereocenters. The van der Waals surface area contributed by atoms with Crippen LogP contribution in [0.4, 0.5) is 0 Å². The summed E-state index contributed by atoms with van der Waals surface area (Å²) in [5, 5.41) is 0. The number of aryl methyl sites for hydroxylation is 1. The van der Waals surface area contributed by atoms with Gasteiger partial charge in [0, 0.05) is 17.3 Å². The van der Waals surface area contributed by atoms with Crippen molar-refractivity contribution in [2.75, 3.05) is 0 Å². The number of nitrogens with zero attached hydrogens (tertiary/aromatic N) is 1. The van der Waals surface area contributed by atoms with Gasteiger partial charge in [0.2, 0.25) is 0 Å². The van der Waals surface area contributed by atoms with E-state index in [1.165, 1.54) is 18.5 Å². The molecule has 0 amide bonds. The summed E-state index contributed by atoms with van der Waals surface area (Å²) in [6.07, 6.45) is 2.69. The van der Waals surface area contributed by atoms with Gasteiger partial charge in [0.1, 0.15) is 0 Å². The zero-order valence-corrected chi connectivity index (χ0v) is 12.2. The Hall–Kier alpha value is -0.850. The summed E-state index contributed by atoms with van der Waals surface area (Å²) in [7, 11) is 0. The van der Waals surface area contributed by atoms with Gasteiger partial charge in [-0.05, 0) is 31.9 Å². The van der Waals surface area contributed by atoms with Crippen LogP contribution in [0.3, 0.4) is 0 Å². The molecule has 0 N–H and O–H groups in total. The molecule has 1 aliphatic carbocycles. The maximum atomic E-state index is 4.44. The van der Waals surface area contributed by atoms with Crippen LogP contribution in [0.5, 0.6) is 0 Å². The quantitative estimate of drug-likeness (QED) is 0.625. The first-order valence-electron chi connectivity index (χ1n) is 6.80. The maximum absolute atomic E-state index is 4.44. The summed E-state index contributed by atoms with van der Waals surface area (Å²) in [6.45, 7) is 14.0. The van der Waals surface area contributed by atoms with Crippen molar-refractivity contribution >= 4 is 0 Å². The molecule has 16 heavy (non-hydrogen) atoms. The summed E-state index contributed by atoms with van der Waals surface area (Å²) in [5.41, 5.74) is 2.43. The van der Waals surface area contributed by atoms with E-state index in [-0.39, 0.29) is 0 Å². The third-order valence-electron chi connectivity index (χ3n) is 1.91. The van der Waals surface area contributed by atoms with Crippen LogP contribution in [0.2, 0.25) is 0 Å². The Balaban J connectivity index is 0. The minimum atomic E-state index is 0.792. The largest absolute Gasteiger partial charge is 0.258 e. The van der Waals surface area contributed by atoms with Gasteiger partial charge in [-0.25, -0.2) is 0 Å². The lowest BCUT2D eigenvalue weighted by Crippen LogP contribution is -1.86. The summed E-state index contributed by atoms with van der Waals surface area (Å²) in [6, 6.07) is 6.27. The molecule has 0 radical (unpaired) electrons. The van der Waals surface area contributed by atoms with Gasteiger partial charge in [-0.15, -0.1) is 0 Å². The van der Waals surface area contributed by atoms with Gasteiger partial charge in [-0.2, -0.15) is 0 Å². The molecular weight excluding hydrogens is 194 g/mol. The molecule has 1 aromatic rings. The van der Waals surface area contributed by atoms with Gasteiger partial charge >= 0.3 is 0 Å². The molecule has 0 saturated heterocycles. The van der Waals surface area contributed by atoms with Gasteiger partial charge < -0.3 is 0 Å². The SMILES string of the molecule is CC.CC.CC.Cc1cccc(C2CC2)n1. The predicted molar refractivity (Wildman–Crippen MR) is 75.0 cm³/mol. The van der Waals surface area contributed by atoms with Crippen LogP contribution in [-0.4, -0.2) is 4.98 Å². The van der Waals surface area contributed by atoms with Crippen molar-refractivity contribution < 1.29 is 0 Å². The fourth-order valence-electron chi connectivity index (χ4n) is 1.17. The molecule has 94 valence electrons. The van der Waals surface area contributed by atoms with Crippen LogP contribution in [-0.2, 0) is 0 Å². The van der Waals surface area contributed by atoms with Crippen LogP contribution >= 0.6 is 0 Å². The van der Waals surface area contributed by atoms with Gasteiger partial charge in [0.15, 0.2) is 0 Å². The summed E-state index contributed by atoms with van der Waals surface area (Å²) < 4.78 is 0. The highest BCUT2D eigenvalue weighted by Crippen LogP contribution is 2.38. The first-order chi connectivity index (χ1) is 7.86. The Morgan fingerprint density at radius 2 is 1.44 bits per heavy atom. The molecule has 1 heterocycles. The molecule has 2 rings (SSSR count). The molecule has 1 aliphatic rings. The monoisotopic (exact) mass is 223 g/mol. The second-order valence-corrected chi connectivity index (χ2v) is 2.98. The molecule has 1 heteroatoms. The topological polar surface area (TPSA) is 12.9 Å². The van der Waals surface area contributed by atoms with Gasteiger partial charge in [0.05, 0.1) is 0 Å². The Bertz CT molecular complexity index is 239. The van der Waals surface area contributed by atoms with Crippen LogP contribution in [0.15, 0.2) is 18.2 Å². The number of hydrogen-bond donors (Lipinski definition) is 0. The van der Waals surface area contributed by atoms with Crippen LogP contribution in [0, 0.1) is 6.92 Å². The summed E-state index contributed by atoms with van der Waals surface area (Å²) >= 11 is 0. The van der Waals surface area contributed by atoms with Gasteiger partial charge in [-0.3, -0.25) is 4.98 Å². The molecular formula is C15H29N. The highest BCUT2D eigenvalue weighted by molar-refractivity contribution is 5.17. The van der Waals surface area contributed by atoms with Crippen LogP contribution in [0.1, 0.15) is 71.7 Å². The highest BCUT2D eigenvalue weighted by atomic mass is 14.7. The normalized spacial score (nSPS) is 11.9. The van der Waals surface area contributed by atoms with E-state index in [2.05, 4.69) is 17.1 Å².